The van der Waals surface area contributed by atoms with Gasteiger partial charge in [0.05, 0.1) is 0 Å². The Morgan fingerprint density at radius 3 is 2.92 bits per heavy atom. The number of aromatic amines is 1. The van der Waals surface area contributed by atoms with Gasteiger partial charge < -0.3 is 4.98 Å². The molecule has 1 N–H and O–H groups in total. The lowest BCUT2D eigenvalue weighted by molar-refractivity contribution is 0.675. The van der Waals surface area contributed by atoms with Gasteiger partial charge in [-0.15, -0.1) is 0 Å². The van der Waals surface area contributed by atoms with E-state index in [2.05, 4.69) is 4.98 Å². The first-order valence-electron chi connectivity index (χ1n) is 4.49. The average molecular weight is 163 g/mol. The van der Waals surface area contributed by atoms with E-state index in [-0.39, 0.29) is 5.56 Å². The summed E-state index contributed by atoms with van der Waals surface area (Å²) in [4.78, 5) is 13.9. The second-order valence-corrected chi connectivity index (χ2v) is 3.47. The largest absolute Gasteiger partial charge is 0.326 e. The summed E-state index contributed by atoms with van der Waals surface area (Å²) in [5, 5.41) is 0. The van der Waals surface area contributed by atoms with Crippen LogP contribution in [0, 0.1) is 6.92 Å². The molecular formula is C10H13NO. The van der Waals surface area contributed by atoms with Gasteiger partial charge >= 0.3 is 0 Å². The van der Waals surface area contributed by atoms with Gasteiger partial charge in [-0.1, -0.05) is 0 Å². The van der Waals surface area contributed by atoms with Gasteiger partial charge in [-0.25, -0.2) is 0 Å². The molecule has 1 heterocycles. The molecule has 0 atom stereocenters. The van der Waals surface area contributed by atoms with Gasteiger partial charge in [-0.05, 0) is 43.7 Å². The van der Waals surface area contributed by atoms with Crippen LogP contribution in [0.5, 0.6) is 0 Å². The lowest BCUT2D eigenvalue weighted by Gasteiger charge is -2.16. The summed E-state index contributed by atoms with van der Waals surface area (Å²) in [6.07, 6.45) is 4.72. The maximum Gasteiger partial charge on any atom is 0.248 e. The Kier molecular flexibility index (Phi) is 1.75. The molecule has 0 radical (unpaired) electrons. The lowest BCUT2D eigenvalue weighted by Crippen LogP contribution is -2.14. The lowest BCUT2D eigenvalue weighted by atomic mass is 9.91. The molecule has 0 aromatic carbocycles. The van der Waals surface area contributed by atoms with Crippen LogP contribution in [0.3, 0.4) is 0 Å². The molecule has 2 nitrogen and oxygen atoms in total. The van der Waals surface area contributed by atoms with Crippen molar-refractivity contribution in [3.63, 3.8) is 0 Å². The summed E-state index contributed by atoms with van der Waals surface area (Å²) in [5.74, 6) is 0. The summed E-state index contributed by atoms with van der Waals surface area (Å²) in [7, 11) is 0. The Hall–Kier alpha value is -1.05. The van der Waals surface area contributed by atoms with Gasteiger partial charge in [0.2, 0.25) is 5.56 Å². The predicted molar refractivity (Wildman–Crippen MR) is 48.4 cm³/mol. The van der Waals surface area contributed by atoms with Gasteiger partial charge in [0.25, 0.3) is 0 Å². The molecule has 2 heteroatoms. The first-order valence-corrected chi connectivity index (χ1v) is 4.49. The summed E-state index contributed by atoms with van der Waals surface area (Å²) < 4.78 is 0. The van der Waals surface area contributed by atoms with Gasteiger partial charge in [0.1, 0.15) is 0 Å². The molecular weight excluding hydrogens is 150 g/mol. The number of H-pyrrole nitrogens is 1. The number of pyridine rings is 1. The molecule has 0 saturated carbocycles. The molecule has 0 bridgehead atoms. The minimum absolute atomic E-state index is 0.0492. The molecule has 0 spiro atoms. The highest BCUT2D eigenvalue weighted by molar-refractivity contribution is 5.31. The second kappa shape index (κ2) is 2.77. The van der Waals surface area contributed by atoms with Crippen LogP contribution in [-0.4, -0.2) is 4.98 Å². The van der Waals surface area contributed by atoms with Crippen molar-refractivity contribution < 1.29 is 0 Å². The fourth-order valence-corrected chi connectivity index (χ4v) is 1.97. The third-order valence-corrected chi connectivity index (χ3v) is 2.58. The first kappa shape index (κ1) is 7.59. The van der Waals surface area contributed by atoms with E-state index in [1.165, 1.54) is 24.0 Å². The summed E-state index contributed by atoms with van der Waals surface area (Å²) in [6, 6.07) is 1.75. The number of nitrogens with one attached hydrogen (secondary N) is 1. The third-order valence-electron chi connectivity index (χ3n) is 2.58. The van der Waals surface area contributed by atoms with E-state index in [9.17, 15) is 4.79 Å². The van der Waals surface area contributed by atoms with Crippen LogP contribution in [0.2, 0.25) is 0 Å². The number of aryl methyl sites for hydroxylation is 2. The van der Waals surface area contributed by atoms with E-state index >= 15 is 0 Å². The zero-order chi connectivity index (χ0) is 8.55. The maximum atomic E-state index is 11.1. The summed E-state index contributed by atoms with van der Waals surface area (Å²) in [5.41, 5.74) is 3.76. The van der Waals surface area contributed by atoms with Crippen molar-refractivity contribution in [1.29, 1.82) is 0 Å². The van der Waals surface area contributed by atoms with Crippen molar-refractivity contribution in [3.8, 4) is 0 Å². The smallest absolute Gasteiger partial charge is 0.248 e. The number of aromatic nitrogens is 1. The zero-order valence-electron chi connectivity index (χ0n) is 7.31. The minimum Gasteiger partial charge on any atom is -0.326 e. The van der Waals surface area contributed by atoms with Crippen LogP contribution in [0.25, 0.3) is 0 Å². The van der Waals surface area contributed by atoms with Crippen molar-refractivity contribution in [2.75, 3.05) is 0 Å². The fraction of sp³-hybridized carbons (Fsp3) is 0.500. The Balaban J connectivity index is 2.60. The highest BCUT2D eigenvalue weighted by atomic mass is 16.1. The van der Waals surface area contributed by atoms with E-state index < -0.39 is 0 Å². The fourth-order valence-electron chi connectivity index (χ4n) is 1.97. The van der Waals surface area contributed by atoms with Gasteiger partial charge in [0, 0.05) is 11.8 Å². The molecule has 2 rings (SSSR count). The predicted octanol–water partition coefficient (Wildman–Crippen LogP) is 1.56. The monoisotopic (exact) mass is 163 g/mol. The number of hydrogen-bond acceptors (Lipinski definition) is 1. The van der Waals surface area contributed by atoms with E-state index in [0.29, 0.717) is 0 Å². The standard InChI is InChI=1S/C10H13NO/c1-7-9-5-3-2-4-8(9)6-10(12)11-7/h6H,2-5H2,1H3,(H,11,12). The average Bonchev–Trinajstić information content (AvgIpc) is 2.04. The molecule has 0 aliphatic heterocycles. The highest BCUT2D eigenvalue weighted by Gasteiger charge is 2.11. The second-order valence-electron chi connectivity index (χ2n) is 3.47. The van der Waals surface area contributed by atoms with Gasteiger partial charge in [0.15, 0.2) is 0 Å². The summed E-state index contributed by atoms with van der Waals surface area (Å²) >= 11 is 0. The van der Waals surface area contributed by atoms with E-state index in [4.69, 9.17) is 0 Å². The van der Waals surface area contributed by atoms with Crippen LogP contribution in [0.4, 0.5) is 0 Å². The summed E-state index contributed by atoms with van der Waals surface area (Å²) in [6.45, 7) is 1.99. The highest BCUT2D eigenvalue weighted by Crippen LogP contribution is 2.20. The molecule has 1 aliphatic carbocycles. The SMILES string of the molecule is Cc1[nH]c(=O)cc2c1CCCC2. The van der Waals surface area contributed by atoms with Crippen LogP contribution in [0.1, 0.15) is 29.7 Å². The Bertz CT molecular complexity index is 351. The number of fused-ring (bicyclic) bond motifs is 1. The zero-order valence-corrected chi connectivity index (χ0v) is 7.31. The van der Waals surface area contributed by atoms with E-state index in [1.807, 2.05) is 6.92 Å². The topological polar surface area (TPSA) is 32.9 Å². The Morgan fingerprint density at radius 1 is 1.33 bits per heavy atom. The Labute approximate surface area is 71.6 Å². The maximum absolute atomic E-state index is 11.1. The molecule has 1 aromatic rings. The molecule has 0 fully saturated rings. The van der Waals surface area contributed by atoms with Crippen molar-refractivity contribution >= 4 is 0 Å². The van der Waals surface area contributed by atoms with Crippen molar-refractivity contribution in [2.24, 2.45) is 0 Å². The van der Waals surface area contributed by atoms with Crippen LogP contribution in [0.15, 0.2) is 10.9 Å². The van der Waals surface area contributed by atoms with E-state index in [0.717, 1.165) is 18.5 Å². The Morgan fingerprint density at radius 2 is 2.08 bits per heavy atom. The molecule has 0 unspecified atom stereocenters. The van der Waals surface area contributed by atoms with Crippen LogP contribution in [-0.2, 0) is 12.8 Å². The molecule has 1 aliphatic rings. The van der Waals surface area contributed by atoms with Gasteiger partial charge in [-0.2, -0.15) is 0 Å². The van der Waals surface area contributed by atoms with Crippen molar-refractivity contribution in [2.45, 2.75) is 32.6 Å². The normalized spacial score (nSPS) is 15.8. The number of hydrogen-bond donors (Lipinski definition) is 1. The minimum atomic E-state index is 0.0492. The van der Waals surface area contributed by atoms with Crippen molar-refractivity contribution in [3.05, 3.63) is 33.2 Å². The van der Waals surface area contributed by atoms with Gasteiger partial charge in [-0.3, -0.25) is 4.79 Å². The molecule has 64 valence electrons. The van der Waals surface area contributed by atoms with Crippen LogP contribution < -0.4 is 5.56 Å². The molecule has 1 aromatic heterocycles. The number of rotatable bonds is 0. The van der Waals surface area contributed by atoms with Crippen LogP contribution >= 0.6 is 0 Å². The van der Waals surface area contributed by atoms with Crippen molar-refractivity contribution in [1.82, 2.24) is 4.98 Å². The first-order chi connectivity index (χ1) is 5.77. The molecule has 0 saturated heterocycles. The third kappa shape index (κ3) is 1.17. The molecule has 0 amide bonds. The van der Waals surface area contributed by atoms with E-state index in [1.54, 1.807) is 6.07 Å². The molecule has 12 heavy (non-hydrogen) atoms. The quantitative estimate of drug-likeness (QED) is 0.618.